The average molecular weight is 325 g/mol. The monoisotopic (exact) mass is 324 g/mol. The summed E-state index contributed by atoms with van der Waals surface area (Å²) in [7, 11) is 3.28. The van der Waals surface area contributed by atoms with Gasteiger partial charge in [-0.15, -0.1) is 0 Å². The molecule has 1 aromatic carbocycles. The number of anilines is 1. The third kappa shape index (κ3) is 2.41. The van der Waals surface area contributed by atoms with E-state index >= 15 is 0 Å². The van der Waals surface area contributed by atoms with Crippen molar-refractivity contribution in [3.8, 4) is 5.75 Å². The normalized spacial score (nSPS) is 11.3. The second-order valence-electron chi connectivity index (χ2n) is 4.05. The fourth-order valence-corrected chi connectivity index (χ4v) is 1.98. The Morgan fingerprint density at radius 3 is 2.63 bits per heavy atom. The number of nitrogens with zero attached hydrogens (tertiary/aromatic N) is 3. The zero-order valence-electron chi connectivity index (χ0n) is 10.5. The van der Waals surface area contributed by atoms with Crippen LogP contribution in [0.5, 0.6) is 5.75 Å². The van der Waals surface area contributed by atoms with E-state index in [1.54, 1.807) is 26.2 Å². The molecule has 19 heavy (non-hydrogen) atoms. The number of hydrogen-bond acceptors (Lipinski definition) is 4. The first-order chi connectivity index (χ1) is 8.91. The second kappa shape index (κ2) is 4.93. The molecule has 0 radical (unpaired) electrons. The van der Waals surface area contributed by atoms with E-state index in [0.29, 0.717) is 5.56 Å². The van der Waals surface area contributed by atoms with Gasteiger partial charge in [0.15, 0.2) is 5.69 Å². The number of halogens is 1. The van der Waals surface area contributed by atoms with Crippen LogP contribution in [0.4, 0.5) is 11.5 Å². The molecule has 0 fully saturated rings. The lowest BCUT2D eigenvalue weighted by atomic mass is 10.2. The summed E-state index contributed by atoms with van der Waals surface area (Å²) < 4.78 is 3.68. The molecule has 0 atom stereocenters. The third-order valence-corrected chi connectivity index (χ3v) is 3.35. The van der Waals surface area contributed by atoms with Crippen molar-refractivity contribution in [3.05, 3.63) is 38.6 Å². The number of rotatable bonds is 2. The molecule has 0 aliphatic heterocycles. The van der Waals surface area contributed by atoms with E-state index in [1.165, 1.54) is 21.6 Å². The number of aliphatic imine (C=N–C) groups is 1. The van der Waals surface area contributed by atoms with Crippen LogP contribution in [0.25, 0.3) is 0 Å². The molecule has 0 bridgehead atoms. The van der Waals surface area contributed by atoms with E-state index < -0.39 is 0 Å². The minimum absolute atomic E-state index is 0.0817. The summed E-state index contributed by atoms with van der Waals surface area (Å²) in [6.07, 6.45) is 1.41. The number of phenols is 1. The van der Waals surface area contributed by atoms with Gasteiger partial charge >= 0.3 is 0 Å². The second-order valence-corrected chi connectivity index (χ2v) is 4.96. The van der Waals surface area contributed by atoms with Gasteiger partial charge in [-0.1, -0.05) is 15.9 Å². The van der Waals surface area contributed by atoms with Crippen LogP contribution in [0.2, 0.25) is 0 Å². The van der Waals surface area contributed by atoms with Gasteiger partial charge in [-0.2, -0.15) is 0 Å². The molecule has 0 saturated carbocycles. The fourth-order valence-electron chi connectivity index (χ4n) is 1.60. The summed E-state index contributed by atoms with van der Waals surface area (Å²) >= 11 is 3.30. The van der Waals surface area contributed by atoms with Gasteiger partial charge in [0, 0.05) is 30.3 Å². The molecule has 2 rings (SSSR count). The molecule has 0 spiro atoms. The molecule has 1 aromatic heterocycles. The standard InChI is InChI=1S/C12H13BrN4O2/c1-16-11(14)10(12(19)17(16)2)15-6-7-5-8(13)3-4-9(7)18/h3-6,18H,14H2,1-2H3. The van der Waals surface area contributed by atoms with Crippen molar-refractivity contribution < 1.29 is 5.11 Å². The van der Waals surface area contributed by atoms with Crippen molar-refractivity contribution in [2.45, 2.75) is 0 Å². The van der Waals surface area contributed by atoms with Crippen molar-refractivity contribution in [2.24, 2.45) is 19.1 Å². The van der Waals surface area contributed by atoms with Crippen molar-refractivity contribution in [2.75, 3.05) is 5.73 Å². The Hall–Kier alpha value is -2.02. The maximum Gasteiger partial charge on any atom is 0.294 e. The number of phenolic OH excluding ortho intramolecular Hbond substituents is 1. The topological polar surface area (TPSA) is 85.5 Å². The van der Waals surface area contributed by atoms with Gasteiger partial charge in [-0.05, 0) is 18.2 Å². The van der Waals surface area contributed by atoms with Crippen LogP contribution < -0.4 is 11.3 Å². The first-order valence-corrected chi connectivity index (χ1v) is 6.25. The maximum atomic E-state index is 11.9. The Balaban J connectivity index is 2.47. The van der Waals surface area contributed by atoms with E-state index in [-0.39, 0.29) is 22.8 Å². The molecule has 0 unspecified atom stereocenters. The molecular weight excluding hydrogens is 312 g/mol. The molecule has 3 N–H and O–H groups in total. The first-order valence-electron chi connectivity index (χ1n) is 5.46. The van der Waals surface area contributed by atoms with Gasteiger partial charge in [-0.25, -0.2) is 4.99 Å². The van der Waals surface area contributed by atoms with E-state index in [1.807, 2.05) is 0 Å². The number of benzene rings is 1. The summed E-state index contributed by atoms with van der Waals surface area (Å²) in [5.41, 5.74) is 6.16. The maximum absolute atomic E-state index is 11.9. The molecule has 0 aliphatic carbocycles. The van der Waals surface area contributed by atoms with Crippen LogP contribution in [-0.2, 0) is 14.1 Å². The van der Waals surface area contributed by atoms with Crippen LogP contribution in [0.3, 0.4) is 0 Å². The molecule has 100 valence electrons. The Morgan fingerprint density at radius 1 is 1.37 bits per heavy atom. The Kier molecular flexibility index (Phi) is 3.48. The Morgan fingerprint density at radius 2 is 2.05 bits per heavy atom. The van der Waals surface area contributed by atoms with Gasteiger partial charge in [0.2, 0.25) is 0 Å². The van der Waals surface area contributed by atoms with Crippen LogP contribution in [0.15, 0.2) is 32.5 Å². The fraction of sp³-hybridized carbons (Fsp3) is 0.167. The Bertz CT molecular complexity index is 715. The number of nitrogen functional groups attached to an aromatic ring is 1. The zero-order chi connectivity index (χ0) is 14.2. The van der Waals surface area contributed by atoms with E-state index in [0.717, 1.165) is 4.47 Å². The summed E-state index contributed by atoms with van der Waals surface area (Å²) in [4.78, 5) is 15.9. The zero-order valence-corrected chi connectivity index (χ0v) is 12.0. The molecule has 7 heteroatoms. The quantitative estimate of drug-likeness (QED) is 0.821. The highest BCUT2D eigenvalue weighted by Crippen LogP contribution is 2.22. The highest BCUT2D eigenvalue weighted by atomic mass is 79.9. The Labute approximate surface area is 117 Å². The number of aromatic nitrogens is 2. The van der Waals surface area contributed by atoms with Gasteiger partial charge in [0.25, 0.3) is 5.56 Å². The number of aromatic hydroxyl groups is 1. The van der Waals surface area contributed by atoms with Crippen molar-refractivity contribution in [1.29, 1.82) is 0 Å². The van der Waals surface area contributed by atoms with Gasteiger partial charge in [0.05, 0.1) is 0 Å². The molecule has 0 aliphatic rings. The molecule has 1 heterocycles. The van der Waals surface area contributed by atoms with E-state index in [9.17, 15) is 9.90 Å². The third-order valence-electron chi connectivity index (χ3n) is 2.86. The van der Waals surface area contributed by atoms with Crippen LogP contribution in [-0.4, -0.2) is 20.7 Å². The predicted molar refractivity (Wildman–Crippen MR) is 78.1 cm³/mol. The SMILES string of the molecule is Cn1c(N)c(N=Cc2cc(Br)ccc2O)c(=O)n1C. The van der Waals surface area contributed by atoms with Crippen LogP contribution >= 0.6 is 15.9 Å². The molecular formula is C12H13BrN4O2. The summed E-state index contributed by atoms with van der Waals surface area (Å²) in [6, 6.07) is 4.95. The molecule has 2 aromatic rings. The van der Waals surface area contributed by atoms with Gasteiger partial charge in [0.1, 0.15) is 11.6 Å². The largest absolute Gasteiger partial charge is 0.507 e. The van der Waals surface area contributed by atoms with Crippen molar-refractivity contribution in [1.82, 2.24) is 9.36 Å². The minimum Gasteiger partial charge on any atom is -0.507 e. The lowest BCUT2D eigenvalue weighted by Crippen LogP contribution is -2.17. The van der Waals surface area contributed by atoms with Crippen LogP contribution in [0.1, 0.15) is 5.56 Å². The average Bonchev–Trinajstić information content (AvgIpc) is 2.56. The lowest BCUT2D eigenvalue weighted by molar-refractivity contribution is 0.474. The van der Waals surface area contributed by atoms with E-state index in [4.69, 9.17) is 5.73 Å². The smallest absolute Gasteiger partial charge is 0.294 e. The molecule has 6 nitrogen and oxygen atoms in total. The molecule has 0 amide bonds. The van der Waals surface area contributed by atoms with Crippen molar-refractivity contribution in [3.63, 3.8) is 0 Å². The number of nitrogens with two attached hydrogens (primary N) is 1. The highest BCUT2D eigenvalue weighted by molar-refractivity contribution is 9.10. The summed E-state index contributed by atoms with van der Waals surface area (Å²) in [5, 5.41) is 9.68. The van der Waals surface area contributed by atoms with Crippen LogP contribution in [0, 0.1) is 0 Å². The number of hydrogen-bond donors (Lipinski definition) is 2. The summed E-state index contributed by atoms with van der Waals surface area (Å²) in [6.45, 7) is 0. The predicted octanol–water partition coefficient (Wildman–Crippen LogP) is 1.52. The van der Waals surface area contributed by atoms with Gasteiger partial charge in [-0.3, -0.25) is 14.2 Å². The molecule has 0 saturated heterocycles. The minimum atomic E-state index is -0.286. The lowest BCUT2D eigenvalue weighted by Gasteiger charge is -1.99. The van der Waals surface area contributed by atoms with Gasteiger partial charge < -0.3 is 10.8 Å². The first kappa shape index (κ1) is 13.4. The highest BCUT2D eigenvalue weighted by Gasteiger charge is 2.11. The summed E-state index contributed by atoms with van der Waals surface area (Å²) in [5.74, 6) is 0.358. The van der Waals surface area contributed by atoms with Crippen molar-refractivity contribution >= 4 is 33.6 Å². The van der Waals surface area contributed by atoms with E-state index in [2.05, 4.69) is 20.9 Å².